The van der Waals surface area contributed by atoms with Gasteiger partial charge in [-0.25, -0.2) is 0 Å². The summed E-state index contributed by atoms with van der Waals surface area (Å²) in [6.07, 6.45) is 2.67. The molecule has 2 rings (SSSR count). The van der Waals surface area contributed by atoms with E-state index < -0.39 is 0 Å². The van der Waals surface area contributed by atoms with Crippen molar-refractivity contribution in [2.75, 3.05) is 59.3 Å². The summed E-state index contributed by atoms with van der Waals surface area (Å²) in [4.78, 5) is 6.37. The van der Waals surface area contributed by atoms with Crippen molar-refractivity contribution in [1.29, 1.82) is 0 Å². The van der Waals surface area contributed by atoms with Gasteiger partial charge in [0.25, 0.3) is 0 Å². The zero-order valence-electron chi connectivity index (χ0n) is 13.4. The van der Waals surface area contributed by atoms with Gasteiger partial charge in [-0.15, -0.1) is 0 Å². The number of nitrogen functional groups attached to an aromatic ring is 1. The van der Waals surface area contributed by atoms with Crippen LogP contribution >= 0.6 is 0 Å². The predicted molar refractivity (Wildman–Crippen MR) is 88.3 cm³/mol. The molecule has 0 spiro atoms. The Morgan fingerprint density at radius 3 is 2.82 bits per heavy atom. The summed E-state index contributed by atoms with van der Waals surface area (Å²) >= 11 is 0. The maximum Gasteiger partial charge on any atom is 0.184 e. The highest BCUT2D eigenvalue weighted by Crippen LogP contribution is 2.35. The molecule has 0 saturated carbocycles. The summed E-state index contributed by atoms with van der Waals surface area (Å²) in [5.74, 6) is 1.25. The third-order valence-corrected chi connectivity index (χ3v) is 3.65. The van der Waals surface area contributed by atoms with Crippen LogP contribution in [0, 0.1) is 0 Å². The quantitative estimate of drug-likeness (QED) is 0.469. The highest BCUT2D eigenvalue weighted by Gasteiger charge is 2.13. The first-order valence-corrected chi connectivity index (χ1v) is 7.57. The second-order valence-electron chi connectivity index (χ2n) is 5.14. The number of aliphatic imine (C=N–C) groups is 1. The molecule has 0 bridgehead atoms. The molecule has 0 atom stereocenters. The molecule has 1 fully saturated rings. The molecule has 0 amide bonds. The number of methoxy groups -OCH3 is 1. The number of anilines is 1. The number of hydrogen-bond donors (Lipinski definition) is 1. The third kappa shape index (κ3) is 4.35. The van der Waals surface area contributed by atoms with Gasteiger partial charge in [0.2, 0.25) is 0 Å². The van der Waals surface area contributed by atoms with Crippen LogP contribution in [0.15, 0.2) is 17.1 Å². The van der Waals surface area contributed by atoms with Crippen LogP contribution in [0.5, 0.6) is 11.5 Å². The van der Waals surface area contributed by atoms with Crippen LogP contribution in [0.4, 0.5) is 5.69 Å². The summed E-state index contributed by atoms with van der Waals surface area (Å²) in [6.45, 7) is 5.30. The van der Waals surface area contributed by atoms with E-state index in [4.69, 9.17) is 19.9 Å². The van der Waals surface area contributed by atoms with Gasteiger partial charge in [0.05, 0.1) is 32.6 Å². The minimum atomic E-state index is 0.554. The molecule has 0 unspecified atom stereocenters. The van der Waals surface area contributed by atoms with Gasteiger partial charge in [-0.1, -0.05) is 0 Å². The summed E-state index contributed by atoms with van der Waals surface area (Å²) in [7, 11) is 3.31. The van der Waals surface area contributed by atoms with Gasteiger partial charge < -0.3 is 19.9 Å². The summed E-state index contributed by atoms with van der Waals surface area (Å²) < 4.78 is 16.5. The summed E-state index contributed by atoms with van der Waals surface area (Å²) in [6, 6.07) is 3.77. The maximum atomic E-state index is 6.08. The smallest absolute Gasteiger partial charge is 0.184 e. The Morgan fingerprint density at radius 1 is 1.36 bits per heavy atom. The fourth-order valence-corrected chi connectivity index (χ4v) is 2.47. The van der Waals surface area contributed by atoms with E-state index in [1.807, 2.05) is 12.1 Å². The molecule has 1 aromatic rings. The molecule has 22 heavy (non-hydrogen) atoms. The van der Waals surface area contributed by atoms with E-state index in [0.29, 0.717) is 23.8 Å². The number of rotatable bonds is 7. The lowest BCUT2D eigenvalue weighted by atomic mass is 10.1. The Balaban J connectivity index is 1.87. The first-order valence-electron chi connectivity index (χ1n) is 7.57. The highest BCUT2D eigenvalue weighted by atomic mass is 16.5. The van der Waals surface area contributed by atoms with Gasteiger partial charge in [0.15, 0.2) is 11.5 Å². The molecule has 1 saturated heterocycles. The standard InChI is InChI=1S/C16H25N3O3/c1-18-12-13-4-5-14(16(20-2)15(13)17)22-9-3-6-19-7-10-21-11-8-19/h4-5,12H,3,6-11,17H2,1-2H3. The van der Waals surface area contributed by atoms with Crippen molar-refractivity contribution in [3.8, 4) is 11.5 Å². The molecular weight excluding hydrogens is 282 g/mol. The SMILES string of the molecule is CN=Cc1ccc(OCCCN2CCOCC2)c(OC)c1N. The van der Waals surface area contributed by atoms with Crippen LogP contribution in [0.25, 0.3) is 0 Å². The molecule has 2 N–H and O–H groups in total. The first kappa shape index (κ1) is 16.6. The van der Waals surface area contributed by atoms with Crippen molar-refractivity contribution in [3.63, 3.8) is 0 Å². The van der Waals surface area contributed by atoms with E-state index in [-0.39, 0.29) is 0 Å². The van der Waals surface area contributed by atoms with E-state index >= 15 is 0 Å². The number of ether oxygens (including phenoxy) is 3. The zero-order valence-corrected chi connectivity index (χ0v) is 13.4. The second kappa shape index (κ2) is 8.60. The Hall–Kier alpha value is -1.79. The number of benzene rings is 1. The van der Waals surface area contributed by atoms with E-state index in [2.05, 4.69) is 9.89 Å². The van der Waals surface area contributed by atoms with Crippen molar-refractivity contribution < 1.29 is 14.2 Å². The largest absolute Gasteiger partial charge is 0.491 e. The van der Waals surface area contributed by atoms with E-state index in [1.165, 1.54) is 0 Å². The zero-order chi connectivity index (χ0) is 15.8. The van der Waals surface area contributed by atoms with Crippen LogP contribution < -0.4 is 15.2 Å². The van der Waals surface area contributed by atoms with E-state index in [0.717, 1.165) is 44.8 Å². The lowest BCUT2D eigenvalue weighted by molar-refractivity contribution is 0.0357. The van der Waals surface area contributed by atoms with Crippen molar-refractivity contribution in [2.45, 2.75) is 6.42 Å². The second-order valence-corrected chi connectivity index (χ2v) is 5.14. The van der Waals surface area contributed by atoms with Gasteiger partial charge in [-0.3, -0.25) is 9.89 Å². The molecule has 1 aliphatic heterocycles. The predicted octanol–water partition coefficient (Wildman–Crippen LogP) is 1.43. The Kier molecular flexibility index (Phi) is 6.48. The summed E-state index contributed by atoms with van der Waals surface area (Å²) in [5, 5.41) is 0. The molecule has 0 aliphatic carbocycles. The molecule has 1 heterocycles. The lowest BCUT2D eigenvalue weighted by Gasteiger charge is -2.26. The minimum Gasteiger partial charge on any atom is -0.491 e. The summed E-state index contributed by atoms with van der Waals surface area (Å²) in [5.41, 5.74) is 7.47. The topological polar surface area (TPSA) is 69.3 Å². The van der Waals surface area contributed by atoms with Crippen LogP contribution in [0.3, 0.4) is 0 Å². The maximum absolute atomic E-state index is 6.08. The third-order valence-electron chi connectivity index (χ3n) is 3.65. The van der Waals surface area contributed by atoms with Crippen molar-refractivity contribution in [1.82, 2.24) is 4.90 Å². The van der Waals surface area contributed by atoms with Crippen LogP contribution in [-0.2, 0) is 4.74 Å². The first-order chi connectivity index (χ1) is 10.8. The van der Waals surface area contributed by atoms with Gasteiger partial charge >= 0.3 is 0 Å². The molecule has 6 heteroatoms. The number of nitrogens with zero attached hydrogens (tertiary/aromatic N) is 2. The van der Waals surface area contributed by atoms with Crippen LogP contribution in [-0.4, -0.2) is 64.7 Å². The monoisotopic (exact) mass is 307 g/mol. The number of hydrogen-bond acceptors (Lipinski definition) is 6. The molecular formula is C16H25N3O3. The van der Waals surface area contributed by atoms with Crippen molar-refractivity contribution >= 4 is 11.9 Å². The van der Waals surface area contributed by atoms with E-state index in [9.17, 15) is 0 Å². The molecule has 1 aliphatic rings. The molecule has 122 valence electrons. The lowest BCUT2D eigenvalue weighted by Crippen LogP contribution is -2.37. The molecule has 0 radical (unpaired) electrons. The fraction of sp³-hybridized carbons (Fsp3) is 0.562. The average Bonchev–Trinajstić information content (AvgIpc) is 2.55. The number of morpholine rings is 1. The van der Waals surface area contributed by atoms with Crippen LogP contribution in [0.1, 0.15) is 12.0 Å². The highest BCUT2D eigenvalue weighted by molar-refractivity contribution is 5.90. The average molecular weight is 307 g/mol. The molecule has 0 aromatic heterocycles. The van der Waals surface area contributed by atoms with Gasteiger partial charge in [0.1, 0.15) is 0 Å². The van der Waals surface area contributed by atoms with Crippen LogP contribution in [0.2, 0.25) is 0 Å². The Morgan fingerprint density at radius 2 is 2.14 bits per heavy atom. The van der Waals surface area contributed by atoms with Crippen molar-refractivity contribution in [2.24, 2.45) is 4.99 Å². The molecule has 1 aromatic carbocycles. The molecule has 6 nitrogen and oxygen atoms in total. The Bertz CT molecular complexity index is 500. The van der Waals surface area contributed by atoms with E-state index in [1.54, 1.807) is 20.4 Å². The minimum absolute atomic E-state index is 0.554. The van der Waals surface area contributed by atoms with Gasteiger partial charge in [-0.2, -0.15) is 0 Å². The van der Waals surface area contributed by atoms with Gasteiger partial charge in [0, 0.05) is 38.5 Å². The number of nitrogens with two attached hydrogens (primary N) is 1. The van der Waals surface area contributed by atoms with Gasteiger partial charge in [-0.05, 0) is 18.6 Å². The normalized spacial score (nSPS) is 16.1. The fourth-order valence-electron chi connectivity index (χ4n) is 2.47. The van der Waals surface area contributed by atoms with Crippen molar-refractivity contribution in [3.05, 3.63) is 17.7 Å². The Labute approximate surface area is 131 Å².